The van der Waals surface area contributed by atoms with Crippen molar-refractivity contribution in [1.82, 2.24) is 5.32 Å². The molecule has 0 heterocycles. The van der Waals surface area contributed by atoms with Crippen LogP contribution in [0.3, 0.4) is 0 Å². The zero-order valence-electron chi connectivity index (χ0n) is 12.2. The Kier molecular flexibility index (Phi) is 5.59. The van der Waals surface area contributed by atoms with Gasteiger partial charge in [0.05, 0.1) is 0 Å². The van der Waals surface area contributed by atoms with E-state index in [0.29, 0.717) is 28.9 Å². The van der Waals surface area contributed by atoms with Gasteiger partial charge in [0.2, 0.25) is 0 Å². The van der Waals surface area contributed by atoms with Gasteiger partial charge in [-0.15, -0.1) is 0 Å². The van der Waals surface area contributed by atoms with Crippen LogP contribution in [-0.2, 0) is 13.2 Å². The lowest BCUT2D eigenvalue weighted by Gasteiger charge is -2.11. The van der Waals surface area contributed by atoms with E-state index >= 15 is 0 Å². The summed E-state index contributed by atoms with van der Waals surface area (Å²) in [5.41, 5.74) is 1.58. The van der Waals surface area contributed by atoms with E-state index in [1.165, 1.54) is 6.07 Å². The number of halogens is 2. The first kappa shape index (κ1) is 15.8. The standard InChI is InChI=1S/C17H19ClFNO/c1-12(2)20-10-13-6-7-17(19)14(8-13)11-21-16-5-3-4-15(18)9-16/h3-9,12,20H,10-11H2,1-2H3. The van der Waals surface area contributed by atoms with Gasteiger partial charge >= 0.3 is 0 Å². The van der Waals surface area contributed by atoms with Crippen molar-refractivity contribution in [2.45, 2.75) is 33.0 Å². The molecule has 2 aromatic rings. The van der Waals surface area contributed by atoms with Gasteiger partial charge in [-0.2, -0.15) is 0 Å². The van der Waals surface area contributed by atoms with Crippen molar-refractivity contribution < 1.29 is 9.13 Å². The molecule has 2 nitrogen and oxygen atoms in total. The fourth-order valence-corrected chi connectivity index (χ4v) is 2.07. The second-order valence-corrected chi connectivity index (χ2v) is 5.64. The number of benzene rings is 2. The Balaban J connectivity index is 2.03. The molecule has 1 N–H and O–H groups in total. The third-order valence-electron chi connectivity index (χ3n) is 3.01. The molecular weight excluding hydrogens is 289 g/mol. The molecule has 0 aliphatic carbocycles. The van der Waals surface area contributed by atoms with Crippen LogP contribution in [0, 0.1) is 5.82 Å². The molecule has 0 aliphatic heterocycles. The van der Waals surface area contributed by atoms with E-state index in [2.05, 4.69) is 19.2 Å². The van der Waals surface area contributed by atoms with Crippen molar-refractivity contribution >= 4 is 11.6 Å². The Morgan fingerprint density at radius 1 is 1.19 bits per heavy atom. The predicted octanol–water partition coefficient (Wildman–Crippen LogP) is 4.56. The van der Waals surface area contributed by atoms with Gasteiger partial charge in [0, 0.05) is 23.2 Å². The second kappa shape index (κ2) is 7.43. The summed E-state index contributed by atoms with van der Waals surface area (Å²) in [6.45, 7) is 5.04. The first-order valence-electron chi connectivity index (χ1n) is 6.93. The number of hydrogen-bond acceptors (Lipinski definition) is 2. The molecule has 0 saturated carbocycles. The van der Waals surface area contributed by atoms with E-state index in [0.717, 1.165) is 5.56 Å². The Morgan fingerprint density at radius 3 is 2.71 bits per heavy atom. The van der Waals surface area contributed by atoms with E-state index in [4.69, 9.17) is 16.3 Å². The van der Waals surface area contributed by atoms with Crippen molar-refractivity contribution in [2.75, 3.05) is 0 Å². The third-order valence-corrected chi connectivity index (χ3v) is 3.25. The van der Waals surface area contributed by atoms with E-state index in [9.17, 15) is 4.39 Å². The third kappa shape index (κ3) is 5.03. The van der Waals surface area contributed by atoms with Crippen molar-refractivity contribution in [2.24, 2.45) is 0 Å². The van der Waals surface area contributed by atoms with Gasteiger partial charge in [-0.25, -0.2) is 4.39 Å². The summed E-state index contributed by atoms with van der Waals surface area (Å²) in [6.07, 6.45) is 0. The second-order valence-electron chi connectivity index (χ2n) is 5.21. The molecule has 2 aromatic carbocycles. The normalized spacial score (nSPS) is 10.9. The quantitative estimate of drug-likeness (QED) is 0.845. The average Bonchev–Trinajstić information content (AvgIpc) is 2.45. The van der Waals surface area contributed by atoms with Crippen molar-refractivity contribution in [3.8, 4) is 5.75 Å². The molecule has 0 amide bonds. The molecule has 0 atom stereocenters. The van der Waals surface area contributed by atoms with Crippen LogP contribution in [0.1, 0.15) is 25.0 Å². The maximum Gasteiger partial charge on any atom is 0.129 e. The van der Waals surface area contributed by atoms with Crippen molar-refractivity contribution in [3.05, 3.63) is 64.4 Å². The molecule has 0 spiro atoms. The highest BCUT2D eigenvalue weighted by atomic mass is 35.5. The zero-order valence-corrected chi connectivity index (χ0v) is 13.0. The average molecular weight is 308 g/mol. The fourth-order valence-electron chi connectivity index (χ4n) is 1.89. The van der Waals surface area contributed by atoms with E-state index in [1.54, 1.807) is 30.3 Å². The minimum atomic E-state index is -0.259. The topological polar surface area (TPSA) is 21.3 Å². The van der Waals surface area contributed by atoms with Gasteiger partial charge in [-0.1, -0.05) is 37.6 Å². The van der Waals surface area contributed by atoms with Crippen LogP contribution in [0.5, 0.6) is 5.75 Å². The van der Waals surface area contributed by atoms with Crippen LogP contribution in [0.15, 0.2) is 42.5 Å². The summed E-state index contributed by atoms with van der Waals surface area (Å²) in [7, 11) is 0. The molecule has 0 aliphatic rings. The van der Waals surface area contributed by atoms with Crippen LogP contribution in [0.2, 0.25) is 5.02 Å². The maximum absolute atomic E-state index is 13.8. The summed E-state index contributed by atoms with van der Waals surface area (Å²) in [5, 5.41) is 3.91. The molecule has 0 fully saturated rings. The van der Waals surface area contributed by atoms with Crippen LogP contribution < -0.4 is 10.1 Å². The van der Waals surface area contributed by atoms with Crippen LogP contribution in [-0.4, -0.2) is 6.04 Å². The Bertz CT molecular complexity index is 601. The fraction of sp³-hybridized carbons (Fsp3) is 0.294. The summed E-state index contributed by atoms with van der Waals surface area (Å²) in [4.78, 5) is 0. The van der Waals surface area contributed by atoms with Gasteiger partial charge in [-0.3, -0.25) is 0 Å². The van der Waals surface area contributed by atoms with Gasteiger partial charge in [0.25, 0.3) is 0 Å². The maximum atomic E-state index is 13.8. The lowest BCUT2D eigenvalue weighted by Crippen LogP contribution is -2.21. The highest BCUT2D eigenvalue weighted by Gasteiger charge is 2.06. The van der Waals surface area contributed by atoms with Crippen molar-refractivity contribution in [1.29, 1.82) is 0 Å². The molecule has 0 saturated heterocycles. The van der Waals surface area contributed by atoms with E-state index in [-0.39, 0.29) is 12.4 Å². The molecule has 2 rings (SSSR count). The van der Waals surface area contributed by atoms with Gasteiger partial charge < -0.3 is 10.1 Å². The smallest absolute Gasteiger partial charge is 0.129 e. The number of nitrogens with one attached hydrogen (secondary N) is 1. The number of ether oxygens (including phenoxy) is 1. The monoisotopic (exact) mass is 307 g/mol. The van der Waals surface area contributed by atoms with Crippen molar-refractivity contribution in [3.63, 3.8) is 0 Å². The first-order valence-corrected chi connectivity index (χ1v) is 7.31. The molecule has 0 unspecified atom stereocenters. The Hall–Kier alpha value is -1.58. The molecule has 21 heavy (non-hydrogen) atoms. The van der Waals surface area contributed by atoms with Gasteiger partial charge in [-0.05, 0) is 35.9 Å². The largest absolute Gasteiger partial charge is 0.489 e. The van der Waals surface area contributed by atoms with Gasteiger partial charge in [0.1, 0.15) is 18.2 Å². The summed E-state index contributed by atoms with van der Waals surface area (Å²) >= 11 is 5.89. The van der Waals surface area contributed by atoms with Crippen LogP contribution >= 0.6 is 11.6 Å². The lowest BCUT2D eigenvalue weighted by atomic mass is 10.1. The summed E-state index contributed by atoms with van der Waals surface area (Å²) in [5.74, 6) is 0.373. The lowest BCUT2D eigenvalue weighted by molar-refractivity contribution is 0.299. The highest BCUT2D eigenvalue weighted by Crippen LogP contribution is 2.19. The Labute approximate surface area is 129 Å². The highest BCUT2D eigenvalue weighted by molar-refractivity contribution is 6.30. The molecule has 0 radical (unpaired) electrons. The predicted molar refractivity (Wildman–Crippen MR) is 84.2 cm³/mol. The van der Waals surface area contributed by atoms with Crippen LogP contribution in [0.25, 0.3) is 0 Å². The van der Waals surface area contributed by atoms with Crippen LogP contribution in [0.4, 0.5) is 4.39 Å². The summed E-state index contributed by atoms with van der Waals surface area (Å²) in [6, 6.07) is 12.6. The molecule has 4 heteroatoms. The van der Waals surface area contributed by atoms with Gasteiger partial charge in [0.15, 0.2) is 0 Å². The first-order chi connectivity index (χ1) is 10.0. The molecule has 0 aromatic heterocycles. The zero-order chi connectivity index (χ0) is 15.2. The minimum absolute atomic E-state index is 0.182. The Morgan fingerprint density at radius 2 is 2.00 bits per heavy atom. The van der Waals surface area contributed by atoms with E-state index in [1.807, 2.05) is 6.07 Å². The van der Waals surface area contributed by atoms with E-state index < -0.39 is 0 Å². The molecule has 0 bridgehead atoms. The SMILES string of the molecule is CC(C)NCc1ccc(F)c(COc2cccc(Cl)c2)c1. The molecular formula is C17H19ClFNO. The number of hydrogen-bond donors (Lipinski definition) is 1. The number of rotatable bonds is 6. The minimum Gasteiger partial charge on any atom is -0.489 e. The summed E-state index contributed by atoms with van der Waals surface area (Å²) < 4.78 is 19.4. The molecule has 112 valence electrons.